The number of ketones is 1. The highest BCUT2D eigenvalue weighted by atomic mass is 16.5. The summed E-state index contributed by atoms with van der Waals surface area (Å²) in [4.78, 5) is 12.0. The van der Waals surface area contributed by atoms with Crippen molar-refractivity contribution in [3.05, 3.63) is 23.8 Å². The zero-order valence-electron chi connectivity index (χ0n) is 10.0. The van der Waals surface area contributed by atoms with Crippen molar-refractivity contribution in [2.45, 2.75) is 26.4 Å². The second-order valence-corrected chi connectivity index (χ2v) is 5.26. The minimum absolute atomic E-state index is 0.0150. The summed E-state index contributed by atoms with van der Waals surface area (Å²) in [5.41, 5.74) is 1.51. The van der Waals surface area contributed by atoms with E-state index >= 15 is 0 Å². The summed E-state index contributed by atoms with van der Waals surface area (Å²) in [6.45, 7) is 10.4. The molecule has 0 amide bonds. The number of rotatable bonds is 1. The van der Waals surface area contributed by atoms with Crippen LogP contribution in [0.5, 0.6) is 0 Å². The van der Waals surface area contributed by atoms with E-state index in [4.69, 9.17) is 4.74 Å². The number of allylic oxidation sites excluding steroid dienone is 2. The van der Waals surface area contributed by atoms with Crippen LogP contribution in [0.1, 0.15) is 20.3 Å². The Bertz CT molecular complexity index is 349. The predicted octanol–water partition coefficient (Wildman–Crippen LogP) is 1.46. The van der Waals surface area contributed by atoms with Gasteiger partial charge in [-0.2, -0.15) is 0 Å². The highest BCUT2D eigenvalue weighted by molar-refractivity contribution is 6.09. The fourth-order valence-electron chi connectivity index (χ4n) is 2.38. The molecule has 0 aromatic carbocycles. The molecule has 16 heavy (non-hydrogen) atoms. The third-order valence-corrected chi connectivity index (χ3v) is 3.07. The minimum Gasteiger partial charge on any atom is -0.371 e. The van der Waals surface area contributed by atoms with Crippen molar-refractivity contribution in [2.24, 2.45) is 5.41 Å². The molecule has 0 spiro atoms. The SMILES string of the molecule is C=C1CC(C)(C)C=C(C2CNCCO2)C1=O. The van der Waals surface area contributed by atoms with E-state index in [9.17, 15) is 4.79 Å². The molecule has 2 aliphatic rings. The van der Waals surface area contributed by atoms with E-state index in [1.807, 2.05) is 0 Å². The van der Waals surface area contributed by atoms with Crippen LogP contribution in [0.4, 0.5) is 0 Å². The molecule has 0 bridgehead atoms. The highest BCUT2D eigenvalue weighted by Gasteiger charge is 2.33. The van der Waals surface area contributed by atoms with Crippen molar-refractivity contribution in [3.8, 4) is 0 Å². The molecule has 1 aliphatic carbocycles. The highest BCUT2D eigenvalue weighted by Crippen LogP contribution is 2.35. The van der Waals surface area contributed by atoms with Gasteiger partial charge in [-0.1, -0.05) is 26.5 Å². The van der Waals surface area contributed by atoms with E-state index in [0.717, 1.165) is 25.1 Å². The van der Waals surface area contributed by atoms with Crippen LogP contribution in [0.25, 0.3) is 0 Å². The first kappa shape index (κ1) is 11.6. The summed E-state index contributed by atoms with van der Waals surface area (Å²) >= 11 is 0. The average Bonchev–Trinajstić information content (AvgIpc) is 2.24. The molecule has 2 rings (SSSR count). The van der Waals surface area contributed by atoms with Gasteiger partial charge in [-0.25, -0.2) is 0 Å². The number of ether oxygens (including phenoxy) is 1. The van der Waals surface area contributed by atoms with Gasteiger partial charge >= 0.3 is 0 Å². The van der Waals surface area contributed by atoms with Gasteiger partial charge in [0.2, 0.25) is 0 Å². The van der Waals surface area contributed by atoms with Crippen LogP contribution in [-0.2, 0) is 9.53 Å². The van der Waals surface area contributed by atoms with E-state index < -0.39 is 0 Å². The number of nitrogens with one attached hydrogen (secondary N) is 1. The topological polar surface area (TPSA) is 38.3 Å². The lowest BCUT2D eigenvalue weighted by Crippen LogP contribution is -2.42. The maximum atomic E-state index is 12.0. The molecule has 1 fully saturated rings. The molecule has 0 aromatic heterocycles. The minimum atomic E-state index is -0.0995. The summed E-state index contributed by atoms with van der Waals surface area (Å²) in [6.07, 6.45) is 2.70. The smallest absolute Gasteiger partial charge is 0.186 e. The Balaban J connectivity index is 2.26. The molecular weight excluding hydrogens is 202 g/mol. The summed E-state index contributed by atoms with van der Waals surface area (Å²) in [5, 5.41) is 3.25. The summed E-state index contributed by atoms with van der Waals surface area (Å²) in [6, 6.07) is 0. The molecule has 1 aliphatic heterocycles. The second-order valence-electron chi connectivity index (χ2n) is 5.26. The first-order valence-electron chi connectivity index (χ1n) is 5.77. The lowest BCUT2D eigenvalue weighted by atomic mass is 9.75. The molecule has 1 atom stereocenters. The van der Waals surface area contributed by atoms with Crippen LogP contribution in [0.2, 0.25) is 0 Å². The number of morpholine rings is 1. The third kappa shape index (κ3) is 2.25. The van der Waals surface area contributed by atoms with Gasteiger partial charge in [-0.15, -0.1) is 0 Å². The van der Waals surface area contributed by atoms with Gasteiger partial charge < -0.3 is 10.1 Å². The monoisotopic (exact) mass is 221 g/mol. The van der Waals surface area contributed by atoms with Gasteiger partial charge in [-0.05, 0) is 17.4 Å². The van der Waals surface area contributed by atoms with Crippen molar-refractivity contribution in [1.29, 1.82) is 0 Å². The molecule has 1 saturated heterocycles. The second kappa shape index (κ2) is 4.15. The molecule has 3 heteroatoms. The molecular formula is C13H19NO2. The maximum absolute atomic E-state index is 12.0. The largest absolute Gasteiger partial charge is 0.371 e. The summed E-state index contributed by atoms with van der Waals surface area (Å²) in [5.74, 6) is 0.0769. The van der Waals surface area contributed by atoms with Gasteiger partial charge in [0.25, 0.3) is 0 Å². The van der Waals surface area contributed by atoms with Gasteiger partial charge in [-0.3, -0.25) is 4.79 Å². The Kier molecular flexibility index (Phi) is 3.00. The number of Topliss-reactive ketones (excluding diaryl/α,β-unsaturated/α-hetero) is 1. The van der Waals surface area contributed by atoms with E-state index in [1.165, 1.54) is 0 Å². The fourth-order valence-corrected chi connectivity index (χ4v) is 2.38. The van der Waals surface area contributed by atoms with Crippen LogP contribution in [0.3, 0.4) is 0 Å². The van der Waals surface area contributed by atoms with Crippen molar-refractivity contribution in [2.75, 3.05) is 19.7 Å². The van der Waals surface area contributed by atoms with Gasteiger partial charge in [0.05, 0.1) is 12.7 Å². The molecule has 88 valence electrons. The number of hydrogen-bond acceptors (Lipinski definition) is 3. The maximum Gasteiger partial charge on any atom is 0.186 e. The van der Waals surface area contributed by atoms with Crippen LogP contribution >= 0.6 is 0 Å². The van der Waals surface area contributed by atoms with E-state index in [1.54, 1.807) is 0 Å². The zero-order valence-corrected chi connectivity index (χ0v) is 10.0. The Labute approximate surface area is 96.6 Å². The van der Waals surface area contributed by atoms with Crippen LogP contribution in [0, 0.1) is 5.41 Å². The Morgan fingerprint density at radius 3 is 2.94 bits per heavy atom. The van der Waals surface area contributed by atoms with Crippen LogP contribution < -0.4 is 5.32 Å². The van der Waals surface area contributed by atoms with Crippen LogP contribution in [0.15, 0.2) is 23.8 Å². The normalized spacial score (nSPS) is 30.1. The van der Waals surface area contributed by atoms with Crippen LogP contribution in [-0.4, -0.2) is 31.6 Å². The lowest BCUT2D eigenvalue weighted by molar-refractivity contribution is -0.114. The third-order valence-electron chi connectivity index (χ3n) is 3.07. The standard InChI is InChI=1S/C13H19NO2/c1-9-6-13(2,3)7-10(12(9)15)11-8-14-4-5-16-11/h7,11,14H,1,4-6,8H2,2-3H3. The molecule has 0 saturated carbocycles. The summed E-state index contributed by atoms with van der Waals surface area (Å²) < 4.78 is 5.64. The molecule has 1 N–H and O–H groups in total. The van der Waals surface area contributed by atoms with Crippen molar-refractivity contribution in [3.63, 3.8) is 0 Å². The van der Waals surface area contributed by atoms with Gasteiger partial charge in [0, 0.05) is 18.7 Å². The first-order valence-corrected chi connectivity index (χ1v) is 5.77. The molecule has 1 heterocycles. The Morgan fingerprint density at radius 1 is 1.56 bits per heavy atom. The molecule has 0 radical (unpaired) electrons. The number of hydrogen-bond donors (Lipinski definition) is 1. The van der Waals surface area contributed by atoms with Gasteiger partial charge in [0.15, 0.2) is 5.78 Å². The number of carbonyl (C=O) groups excluding carboxylic acids is 1. The molecule has 3 nitrogen and oxygen atoms in total. The first-order chi connectivity index (χ1) is 7.49. The Hall–Kier alpha value is -0.930. The quantitative estimate of drug-likeness (QED) is 0.681. The predicted molar refractivity (Wildman–Crippen MR) is 63.2 cm³/mol. The average molecular weight is 221 g/mol. The Morgan fingerprint density at radius 2 is 2.31 bits per heavy atom. The molecule has 1 unspecified atom stereocenters. The lowest BCUT2D eigenvalue weighted by Gasteiger charge is -2.33. The van der Waals surface area contributed by atoms with Crippen molar-refractivity contribution >= 4 is 5.78 Å². The zero-order chi connectivity index (χ0) is 11.8. The van der Waals surface area contributed by atoms with Crippen molar-refractivity contribution < 1.29 is 9.53 Å². The van der Waals surface area contributed by atoms with E-state index in [-0.39, 0.29) is 17.3 Å². The fraction of sp³-hybridized carbons (Fsp3) is 0.615. The molecule has 0 aromatic rings. The van der Waals surface area contributed by atoms with E-state index in [0.29, 0.717) is 12.2 Å². The number of carbonyl (C=O) groups is 1. The van der Waals surface area contributed by atoms with E-state index in [2.05, 4.69) is 31.8 Å². The van der Waals surface area contributed by atoms with Crippen molar-refractivity contribution in [1.82, 2.24) is 5.32 Å². The van der Waals surface area contributed by atoms with Gasteiger partial charge in [0.1, 0.15) is 0 Å². The summed E-state index contributed by atoms with van der Waals surface area (Å²) in [7, 11) is 0.